The van der Waals surface area contributed by atoms with Crippen LogP contribution in [0, 0.1) is 5.82 Å². The molecule has 1 amide bonds. The second-order valence-electron chi connectivity index (χ2n) is 5.58. The molecule has 0 aromatic heterocycles. The van der Waals surface area contributed by atoms with Crippen molar-refractivity contribution in [2.75, 3.05) is 37.3 Å². The van der Waals surface area contributed by atoms with Gasteiger partial charge in [-0.15, -0.1) is 11.8 Å². The van der Waals surface area contributed by atoms with Gasteiger partial charge in [0.15, 0.2) is 0 Å². The number of anilines is 1. The second-order valence-corrected chi connectivity index (χ2v) is 6.86. The number of rotatable bonds is 3. The Labute approximate surface area is 150 Å². The highest BCUT2D eigenvalue weighted by atomic mass is 35.5. The van der Waals surface area contributed by atoms with Gasteiger partial charge in [-0.3, -0.25) is 4.79 Å². The lowest BCUT2D eigenvalue weighted by atomic mass is 10.1. The molecule has 0 radical (unpaired) electrons. The fourth-order valence-electron chi connectivity index (χ4n) is 2.82. The average Bonchev–Trinajstić information content (AvgIpc) is 2.62. The minimum Gasteiger partial charge on any atom is -0.366 e. The van der Waals surface area contributed by atoms with Gasteiger partial charge in [-0.2, -0.15) is 0 Å². The van der Waals surface area contributed by atoms with E-state index >= 15 is 0 Å². The Hall–Kier alpha value is -1.72. The summed E-state index contributed by atoms with van der Waals surface area (Å²) in [4.78, 5) is 17.5. The Morgan fingerprint density at radius 2 is 1.83 bits per heavy atom. The summed E-state index contributed by atoms with van der Waals surface area (Å²) in [6.45, 7) is 2.30. The third kappa shape index (κ3) is 3.52. The minimum atomic E-state index is -0.229. The third-order valence-corrected chi connectivity index (χ3v) is 5.22. The van der Waals surface area contributed by atoms with Crippen LogP contribution in [-0.4, -0.2) is 43.2 Å². The molecule has 24 heavy (non-hydrogen) atoms. The maximum Gasteiger partial charge on any atom is 0.255 e. The van der Waals surface area contributed by atoms with Crippen molar-refractivity contribution in [1.82, 2.24) is 4.90 Å². The van der Waals surface area contributed by atoms with Gasteiger partial charge in [-0.05, 0) is 36.6 Å². The minimum absolute atomic E-state index is 0.0657. The van der Waals surface area contributed by atoms with E-state index in [0.717, 1.165) is 4.90 Å². The van der Waals surface area contributed by atoms with Crippen LogP contribution >= 0.6 is 23.4 Å². The number of para-hydroxylation sites is 1. The molecule has 0 spiro atoms. The summed E-state index contributed by atoms with van der Waals surface area (Å²) in [5.74, 6) is -0.294. The van der Waals surface area contributed by atoms with Gasteiger partial charge in [0.1, 0.15) is 5.82 Å². The van der Waals surface area contributed by atoms with E-state index in [-0.39, 0.29) is 11.7 Å². The number of piperazine rings is 1. The third-order valence-electron chi connectivity index (χ3n) is 4.16. The molecule has 1 fully saturated rings. The molecule has 0 saturated carbocycles. The lowest BCUT2D eigenvalue weighted by Crippen LogP contribution is -2.49. The van der Waals surface area contributed by atoms with Gasteiger partial charge in [0.25, 0.3) is 5.91 Å². The number of halogens is 2. The Bertz CT molecular complexity index is 748. The molecule has 0 bridgehead atoms. The van der Waals surface area contributed by atoms with E-state index in [4.69, 9.17) is 11.6 Å². The number of carbonyl (C=O) groups is 1. The first-order chi connectivity index (χ1) is 11.6. The predicted molar refractivity (Wildman–Crippen MR) is 97.7 cm³/mol. The smallest absolute Gasteiger partial charge is 0.255 e. The predicted octanol–water partition coefficient (Wildman–Crippen LogP) is 4.16. The molecule has 1 aliphatic heterocycles. The van der Waals surface area contributed by atoms with Gasteiger partial charge >= 0.3 is 0 Å². The molecule has 2 aromatic carbocycles. The topological polar surface area (TPSA) is 23.6 Å². The molecule has 126 valence electrons. The number of nitrogens with zero attached hydrogens (tertiary/aromatic N) is 2. The molecule has 0 aliphatic carbocycles. The van der Waals surface area contributed by atoms with Crippen molar-refractivity contribution in [2.45, 2.75) is 4.90 Å². The fourth-order valence-corrected chi connectivity index (χ4v) is 3.46. The first-order valence-electron chi connectivity index (χ1n) is 7.72. The summed E-state index contributed by atoms with van der Waals surface area (Å²) in [7, 11) is 0. The second kappa shape index (κ2) is 7.45. The van der Waals surface area contributed by atoms with Gasteiger partial charge in [0.05, 0.1) is 16.3 Å². The zero-order valence-electron chi connectivity index (χ0n) is 13.3. The Kier molecular flexibility index (Phi) is 5.31. The molecule has 3 nitrogen and oxygen atoms in total. The van der Waals surface area contributed by atoms with E-state index < -0.39 is 0 Å². The number of thioether (sulfide) groups is 1. The normalized spacial score (nSPS) is 14.8. The van der Waals surface area contributed by atoms with E-state index in [9.17, 15) is 9.18 Å². The van der Waals surface area contributed by atoms with Crippen LogP contribution in [0.5, 0.6) is 0 Å². The first kappa shape index (κ1) is 17.1. The highest BCUT2D eigenvalue weighted by Gasteiger charge is 2.24. The van der Waals surface area contributed by atoms with Crippen LogP contribution in [0.25, 0.3) is 0 Å². The lowest BCUT2D eigenvalue weighted by molar-refractivity contribution is 0.0746. The number of hydrogen-bond donors (Lipinski definition) is 0. The van der Waals surface area contributed by atoms with E-state index in [1.54, 1.807) is 34.9 Å². The Morgan fingerprint density at radius 3 is 2.50 bits per heavy atom. The Morgan fingerprint density at radius 1 is 1.12 bits per heavy atom. The number of carbonyl (C=O) groups excluding carboxylic acids is 1. The van der Waals surface area contributed by atoms with Crippen molar-refractivity contribution in [3.05, 3.63) is 58.9 Å². The lowest BCUT2D eigenvalue weighted by Gasteiger charge is -2.36. The largest absolute Gasteiger partial charge is 0.366 e. The van der Waals surface area contributed by atoms with E-state index in [2.05, 4.69) is 0 Å². The molecule has 0 N–H and O–H groups in total. The molecule has 1 aliphatic rings. The molecule has 2 aromatic rings. The van der Waals surface area contributed by atoms with Crippen LogP contribution in [0.15, 0.2) is 47.4 Å². The summed E-state index contributed by atoms with van der Waals surface area (Å²) in [6.07, 6.45) is 1.96. The summed E-state index contributed by atoms with van der Waals surface area (Å²) < 4.78 is 13.9. The number of benzene rings is 2. The zero-order valence-corrected chi connectivity index (χ0v) is 14.9. The van der Waals surface area contributed by atoms with Gasteiger partial charge in [0.2, 0.25) is 0 Å². The van der Waals surface area contributed by atoms with Crippen LogP contribution in [0.4, 0.5) is 10.1 Å². The molecular formula is C18H18ClFN2OS. The van der Waals surface area contributed by atoms with E-state index in [0.29, 0.717) is 42.5 Å². The number of amides is 1. The molecule has 6 heteroatoms. The van der Waals surface area contributed by atoms with Crippen LogP contribution < -0.4 is 4.90 Å². The van der Waals surface area contributed by atoms with Gasteiger partial charge < -0.3 is 9.80 Å². The van der Waals surface area contributed by atoms with Crippen LogP contribution in [0.1, 0.15) is 10.4 Å². The molecular weight excluding hydrogens is 347 g/mol. The van der Waals surface area contributed by atoms with Gasteiger partial charge in [-0.1, -0.05) is 23.7 Å². The highest BCUT2D eigenvalue weighted by molar-refractivity contribution is 7.98. The summed E-state index contributed by atoms with van der Waals surface area (Å²) in [5, 5.41) is 0.467. The average molecular weight is 365 g/mol. The molecule has 1 heterocycles. The van der Waals surface area contributed by atoms with E-state index in [1.807, 2.05) is 29.4 Å². The monoisotopic (exact) mass is 364 g/mol. The summed E-state index contributed by atoms with van der Waals surface area (Å²) >= 11 is 7.77. The Balaban J connectivity index is 1.71. The molecule has 1 saturated heterocycles. The van der Waals surface area contributed by atoms with Crippen molar-refractivity contribution in [2.24, 2.45) is 0 Å². The van der Waals surface area contributed by atoms with Crippen molar-refractivity contribution < 1.29 is 9.18 Å². The van der Waals surface area contributed by atoms with Crippen molar-refractivity contribution >= 4 is 35.0 Å². The maximum atomic E-state index is 13.9. The standard InChI is InChI=1S/C18H18ClFN2OS/c1-24-13-6-7-15(19)14(12-13)18(23)22-10-8-21(9-11-22)17-5-3-2-4-16(17)20/h2-7,12H,8-11H2,1H3. The van der Waals surface area contributed by atoms with Crippen molar-refractivity contribution in [3.8, 4) is 0 Å². The van der Waals surface area contributed by atoms with Crippen molar-refractivity contribution in [1.29, 1.82) is 0 Å². The molecule has 3 rings (SSSR count). The van der Waals surface area contributed by atoms with Gasteiger partial charge in [0, 0.05) is 31.1 Å². The van der Waals surface area contributed by atoms with Crippen molar-refractivity contribution in [3.63, 3.8) is 0 Å². The maximum absolute atomic E-state index is 13.9. The fraction of sp³-hybridized carbons (Fsp3) is 0.278. The quantitative estimate of drug-likeness (QED) is 0.764. The van der Waals surface area contributed by atoms with Crippen LogP contribution in [-0.2, 0) is 0 Å². The summed E-state index contributed by atoms with van der Waals surface area (Å²) in [6, 6.07) is 12.2. The van der Waals surface area contributed by atoms with Gasteiger partial charge in [-0.25, -0.2) is 4.39 Å². The van der Waals surface area contributed by atoms with E-state index in [1.165, 1.54) is 6.07 Å². The SMILES string of the molecule is CSc1ccc(Cl)c(C(=O)N2CCN(c3ccccc3F)CC2)c1. The number of hydrogen-bond acceptors (Lipinski definition) is 3. The molecule has 0 atom stereocenters. The van der Waals surface area contributed by atoms with Crippen LogP contribution in [0.3, 0.4) is 0 Å². The molecule has 0 unspecified atom stereocenters. The zero-order chi connectivity index (χ0) is 17.1. The first-order valence-corrected chi connectivity index (χ1v) is 9.32. The summed E-state index contributed by atoms with van der Waals surface area (Å²) in [5.41, 5.74) is 1.12. The van der Waals surface area contributed by atoms with Crippen LogP contribution in [0.2, 0.25) is 5.02 Å². The highest BCUT2D eigenvalue weighted by Crippen LogP contribution is 2.25.